The summed E-state index contributed by atoms with van der Waals surface area (Å²) in [6.45, 7) is 0. The van der Waals surface area contributed by atoms with Gasteiger partial charge in [0.25, 0.3) is 0 Å². The second kappa shape index (κ2) is 7.03. The van der Waals surface area contributed by atoms with Gasteiger partial charge in [-0.25, -0.2) is 0 Å². The minimum Gasteiger partial charge on any atom is -0.398 e. The summed E-state index contributed by atoms with van der Waals surface area (Å²) in [5.41, 5.74) is 0. The van der Waals surface area contributed by atoms with Gasteiger partial charge in [-0.2, -0.15) is 0 Å². The van der Waals surface area contributed by atoms with Crippen LogP contribution in [0.5, 0.6) is 0 Å². The highest BCUT2D eigenvalue weighted by Gasteiger charge is 2.35. The average Bonchev–Trinajstić information content (AvgIpc) is 3.13. The minimum absolute atomic E-state index is 0.573. The molecule has 0 amide bonds. The molecule has 0 N–H and O–H groups in total. The topological polar surface area (TPSA) is 18.5 Å². The molecule has 0 aromatic heterocycles. The molecule has 104 valence electrons. The average molecular weight is 276 g/mol. The van der Waals surface area contributed by atoms with Crippen molar-refractivity contribution in [2.75, 3.05) is 14.2 Å². The summed E-state index contributed by atoms with van der Waals surface area (Å²) in [4.78, 5) is 0. The third kappa shape index (κ3) is 4.03. The van der Waals surface area contributed by atoms with Crippen molar-refractivity contribution in [3.8, 4) is 0 Å². The molecule has 0 saturated carbocycles. The van der Waals surface area contributed by atoms with Crippen molar-refractivity contribution >= 4 is 8.56 Å². The van der Waals surface area contributed by atoms with Crippen LogP contribution in [0, 0.1) is 11.8 Å². The van der Waals surface area contributed by atoms with E-state index in [0.717, 1.165) is 24.9 Å². The fraction of sp³-hybridized carbons (Fsp3) is 0.500. The van der Waals surface area contributed by atoms with E-state index >= 15 is 0 Å². The van der Waals surface area contributed by atoms with Crippen LogP contribution in [0.3, 0.4) is 0 Å². The molecule has 0 spiro atoms. The Kier molecular flexibility index (Phi) is 5.37. The van der Waals surface area contributed by atoms with Gasteiger partial charge >= 0.3 is 8.56 Å². The Labute approximate surface area is 117 Å². The lowest BCUT2D eigenvalue weighted by Gasteiger charge is -2.28. The molecule has 0 aromatic carbocycles. The second-order valence-corrected chi connectivity index (χ2v) is 8.90. The first-order valence-electron chi connectivity index (χ1n) is 7.08. The van der Waals surface area contributed by atoms with Gasteiger partial charge in [0.15, 0.2) is 0 Å². The molecule has 2 rings (SSSR count). The smallest absolute Gasteiger partial charge is 0.337 e. The van der Waals surface area contributed by atoms with Gasteiger partial charge in [-0.05, 0) is 36.8 Å². The van der Waals surface area contributed by atoms with Crippen molar-refractivity contribution < 1.29 is 8.85 Å². The summed E-state index contributed by atoms with van der Waals surface area (Å²) in [5, 5.41) is 0. The largest absolute Gasteiger partial charge is 0.398 e. The molecule has 0 saturated heterocycles. The lowest BCUT2D eigenvalue weighted by molar-refractivity contribution is 0.237. The van der Waals surface area contributed by atoms with E-state index in [4.69, 9.17) is 8.85 Å². The first kappa shape index (κ1) is 14.5. The van der Waals surface area contributed by atoms with E-state index in [1.165, 1.54) is 0 Å². The zero-order chi connectivity index (χ0) is 13.6. The molecule has 0 aromatic rings. The third-order valence-electron chi connectivity index (χ3n) is 4.12. The van der Waals surface area contributed by atoms with Gasteiger partial charge in [0.2, 0.25) is 0 Å². The first-order chi connectivity index (χ1) is 9.28. The molecule has 0 atom stereocenters. The molecule has 3 heteroatoms. The van der Waals surface area contributed by atoms with Gasteiger partial charge in [-0.15, -0.1) is 0 Å². The maximum Gasteiger partial charge on any atom is 0.337 e. The molecule has 0 aliphatic heterocycles. The Morgan fingerprint density at radius 1 is 0.737 bits per heavy atom. The maximum atomic E-state index is 5.83. The van der Waals surface area contributed by atoms with Gasteiger partial charge in [-0.3, -0.25) is 0 Å². The number of hydrogen-bond donors (Lipinski definition) is 0. The minimum atomic E-state index is -2.01. The SMILES string of the molecule is CO[Si](CCC1C=CC=C1)(CCC1C=CC=C1)OC. The van der Waals surface area contributed by atoms with Crippen molar-refractivity contribution in [2.45, 2.75) is 24.9 Å². The highest BCUT2D eigenvalue weighted by atomic mass is 28.4. The zero-order valence-electron chi connectivity index (χ0n) is 11.9. The van der Waals surface area contributed by atoms with Crippen LogP contribution in [0.15, 0.2) is 48.6 Å². The van der Waals surface area contributed by atoms with E-state index in [1.807, 2.05) is 14.2 Å². The van der Waals surface area contributed by atoms with Gasteiger partial charge in [0.05, 0.1) is 0 Å². The van der Waals surface area contributed by atoms with E-state index in [9.17, 15) is 0 Å². The molecule has 2 nitrogen and oxygen atoms in total. The van der Waals surface area contributed by atoms with E-state index in [1.54, 1.807) is 0 Å². The molecule has 0 bridgehead atoms. The molecule has 0 unspecified atom stereocenters. The predicted molar refractivity (Wildman–Crippen MR) is 82.2 cm³/mol. The van der Waals surface area contributed by atoms with E-state index in [0.29, 0.717) is 11.8 Å². The normalized spacial score (nSPS) is 19.1. The molecule has 2 aliphatic carbocycles. The van der Waals surface area contributed by atoms with Crippen LogP contribution in [-0.2, 0) is 8.85 Å². The molecule has 0 fully saturated rings. The Bertz CT molecular complexity index is 334. The van der Waals surface area contributed by atoms with Gasteiger partial charge < -0.3 is 8.85 Å². The Morgan fingerprint density at radius 3 is 1.42 bits per heavy atom. The van der Waals surface area contributed by atoms with Crippen LogP contribution in [0.2, 0.25) is 12.1 Å². The summed E-state index contributed by atoms with van der Waals surface area (Å²) >= 11 is 0. The highest BCUT2D eigenvalue weighted by molar-refractivity contribution is 6.67. The van der Waals surface area contributed by atoms with E-state index in [-0.39, 0.29) is 0 Å². The third-order valence-corrected chi connectivity index (χ3v) is 7.71. The summed E-state index contributed by atoms with van der Waals surface area (Å²) in [7, 11) is 1.62. The van der Waals surface area contributed by atoms with E-state index in [2.05, 4.69) is 48.6 Å². The standard InChI is InChI=1S/C16H24O2Si/c1-17-19(18-2,13-11-15-7-3-4-8-15)14-12-16-9-5-6-10-16/h3-10,15-16H,11-14H2,1-2H3. The summed E-state index contributed by atoms with van der Waals surface area (Å²) < 4.78 is 11.7. The predicted octanol–water partition coefficient (Wildman–Crippen LogP) is 3.99. The van der Waals surface area contributed by atoms with E-state index < -0.39 is 8.56 Å². The van der Waals surface area contributed by atoms with Crippen molar-refractivity contribution in [3.63, 3.8) is 0 Å². The van der Waals surface area contributed by atoms with Crippen LogP contribution in [0.25, 0.3) is 0 Å². The molecule has 19 heavy (non-hydrogen) atoms. The van der Waals surface area contributed by atoms with Gasteiger partial charge in [-0.1, -0.05) is 48.6 Å². The van der Waals surface area contributed by atoms with Crippen LogP contribution in [-0.4, -0.2) is 22.8 Å². The molecular formula is C16H24O2Si. The van der Waals surface area contributed by atoms with Crippen LogP contribution in [0.1, 0.15) is 12.8 Å². The molecule has 0 heterocycles. The fourth-order valence-corrected chi connectivity index (χ4v) is 5.51. The quantitative estimate of drug-likeness (QED) is 0.624. The van der Waals surface area contributed by atoms with Crippen LogP contribution >= 0.6 is 0 Å². The zero-order valence-corrected chi connectivity index (χ0v) is 12.9. The van der Waals surface area contributed by atoms with Gasteiger partial charge in [0, 0.05) is 14.2 Å². The Hall–Kier alpha value is -0.903. The highest BCUT2D eigenvalue weighted by Crippen LogP contribution is 2.29. The monoisotopic (exact) mass is 276 g/mol. The lowest BCUT2D eigenvalue weighted by Crippen LogP contribution is -2.40. The van der Waals surface area contributed by atoms with Crippen molar-refractivity contribution in [2.24, 2.45) is 11.8 Å². The second-order valence-electron chi connectivity index (χ2n) is 5.26. The van der Waals surface area contributed by atoms with Gasteiger partial charge in [0.1, 0.15) is 0 Å². The maximum absolute atomic E-state index is 5.83. The van der Waals surface area contributed by atoms with Crippen molar-refractivity contribution in [1.82, 2.24) is 0 Å². The fourth-order valence-electron chi connectivity index (χ4n) is 2.73. The summed E-state index contributed by atoms with van der Waals surface area (Å²) in [5.74, 6) is 1.15. The Morgan fingerprint density at radius 2 is 1.11 bits per heavy atom. The molecular weight excluding hydrogens is 252 g/mol. The lowest BCUT2D eigenvalue weighted by atomic mass is 10.1. The Balaban J connectivity index is 1.84. The first-order valence-corrected chi connectivity index (χ1v) is 9.31. The van der Waals surface area contributed by atoms with Crippen LogP contribution in [0.4, 0.5) is 0 Å². The number of rotatable bonds is 8. The summed E-state index contributed by atoms with van der Waals surface area (Å²) in [6, 6.07) is 2.14. The van der Waals surface area contributed by atoms with Crippen molar-refractivity contribution in [3.05, 3.63) is 48.6 Å². The number of hydrogen-bond acceptors (Lipinski definition) is 2. The molecule has 2 aliphatic rings. The molecule has 0 radical (unpaired) electrons. The number of allylic oxidation sites excluding steroid dienone is 8. The summed E-state index contributed by atoms with van der Waals surface area (Å²) in [6.07, 6.45) is 19.8. The van der Waals surface area contributed by atoms with Crippen molar-refractivity contribution in [1.29, 1.82) is 0 Å². The van der Waals surface area contributed by atoms with Crippen LogP contribution < -0.4 is 0 Å².